The smallest absolute Gasteiger partial charge is 0.123 e. The lowest BCUT2D eigenvalue weighted by Crippen LogP contribution is -1.90. The third-order valence-corrected chi connectivity index (χ3v) is 2.05. The van der Waals surface area contributed by atoms with Gasteiger partial charge in [0.25, 0.3) is 0 Å². The van der Waals surface area contributed by atoms with Gasteiger partial charge in [-0.05, 0) is 30.0 Å². The highest BCUT2D eigenvalue weighted by atomic mass is 19.1. The second-order valence-corrected chi connectivity index (χ2v) is 2.86. The molecule has 0 aromatic heterocycles. The largest absolute Gasteiger partial charge is 0.207 e. The van der Waals surface area contributed by atoms with E-state index >= 15 is 0 Å². The summed E-state index contributed by atoms with van der Waals surface area (Å²) in [5.41, 5.74) is 1.22. The van der Waals surface area contributed by atoms with E-state index in [1.165, 1.54) is 17.7 Å². The molecule has 0 aliphatic heterocycles. The molecular formula is C10H13F. The Morgan fingerprint density at radius 1 is 1.27 bits per heavy atom. The van der Waals surface area contributed by atoms with Crippen LogP contribution in [0.2, 0.25) is 0 Å². The van der Waals surface area contributed by atoms with Crippen molar-refractivity contribution in [1.29, 1.82) is 0 Å². The highest BCUT2D eigenvalue weighted by Crippen LogP contribution is 2.17. The minimum atomic E-state index is -0.156. The van der Waals surface area contributed by atoms with Crippen molar-refractivity contribution in [1.82, 2.24) is 0 Å². The molecule has 1 atom stereocenters. The number of hydrogen-bond donors (Lipinski definition) is 0. The van der Waals surface area contributed by atoms with Crippen molar-refractivity contribution in [2.24, 2.45) is 0 Å². The van der Waals surface area contributed by atoms with Crippen LogP contribution in [0, 0.1) is 5.82 Å². The molecule has 0 amide bonds. The molecule has 0 bridgehead atoms. The van der Waals surface area contributed by atoms with Crippen molar-refractivity contribution < 1.29 is 4.39 Å². The molecule has 0 spiro atoms. The first-order chi connectivity index (χ1) is 5.24. The molecule has 1 heteroatoms. The normalized spacial score (nSPS) is 13.0. The molecule has 0 saturated heterocycles. The predicted molar refractivity (Wildman–Crippen MR) is 45.1 cm³/mol. The van der Waals surface area contributed by atoms with Crippen LogP contribution < -0.4 is 0 Å². The summed E-state index contributed by atoms with van der Waals surface area (Å²) in [6, 6.07) is 6.73. The van der Waals surface area contributed by atoms with Crippen molar-refractivity contribution in [2.45, 2.75) is 26.2 Å². The molecule has 11 heavy (non-hydrogen) atoms. The van der Waals surface area contributed by atoms with Crippen molar-refractivity contribution in [3.63, 3.8) is 0 Å². The number of benzene rings is 1. The van der Waals surface area contributed by atoms with Crippen LogP contribution in [0.3, 0.4) is 0 Å². The van der Waals surface area contributed by atoms with E-state index in [0.29, 0.717) is 5.92 Å². The van der Waals surface area contributed by atoms with Gasteiger partial charge in [0.05, 0.1) is 0 Å². The molecule has 0 nitrogen and oxygen atoms in total. The zero-order valence-electron chi connectivity index (χ0n) is 6.97. The third-order valence-electron chi connectivity index (χ3n) is 2.05. The first-order valence-corrected chi connectivity index (χ1v) is 3.99. The van der Waals surface area contributed by atoms with Crippen LogP contribution in [0.25, 0.3) is 0 Å². The van der Waals surface area contributed by atoms with Gasteiger partial charge in [0.15, 0.2) is 0 Å². The molecule has 0 aliphatic carbocycles. The second-order valence-electron chi connectivity index (χ2n) is 2.86. The van der Waals surface area contributed by atoms with Crippen LogP contribution in [0.1, 0.15) is 31.7 Å². The van der Waals surface area contributed by atoms with Crippen LogP contribution >= 0.6 is 0 Å². The maximum Gasteiger partial charge on any atom is 0.123 e. The minimum Gasteiger partial charge on any atom is -0.207 e. The van der Waals surface area contributed by atoms with Gasteiger partial charge in [-0.1, -0.05) is 26.0 Å². The van der Waals surface area contributed by atoms with E-state index in [-0.39, 0.29) is 5.82 Å². The molecule has 0 aliphatic rings. The highest BCUT2D eigenvalue weighted by molar-refractivity contribution is 5.19. The quantitative estimate of drug-likeness (QED) is 0.609. The molecule has 1 aromatic rings. The van der Waals surface area contributed by atoms with Crippen LogP contribution in [0.4, 0.5) is 4.39 Å². The Hall–Kier alpha value is -0.850. The van der Waals surface area contributed by atoms with Gasteiger partial charge in [-0.15, -0.1) is 0 Å². The topological polar surface area (TPSA) is 0 Å². The van der Waals surface area contributed by atoms with Crippen LogP contribution in [0.15, 0.2) is 24.3 Å². The van der Waals surface area contributed by atoms with Gasteiger partial charge in [-0.2, -0.15) is 0 Å². The second kappa shape index (κ2) is 3.51. The minimum absolute atomic E-state index is 0.156. The Bertz CT molecular complexity index is 213. The molecule has 0 unspecified atom stereocenters. The van der Waals surface area contributed by atoms with Crippen LogP contribution in [-0.4, -0.2) is 0 Å². The van der Waals surface area contributed by atoms with Gasteiger partial charge in [0, 0.05) is 0 Å². The van der Waals surface area contributed by atoms with Gasteiger partial charge < -0.3 is 0 Å². The van der Waals surface area contributed by atoms with E-state index in [0.717, 1.165) is 6.42 Å². The Kier molecular flexibility index (Phi) is 2.64. The summed E-state index contributed by atoms with van der Waals surface area (Å²) in [7, 11) is 0. The summed E-state index contributed by atoms with van der Waals surface area (Å²) in [4.78, 5) is 0. The maximum atomic E-state index is 12.5. The van der Waals surface area contributed by atoms with E-state index in [4.69, 9.17) is 0 Å². The zero-order valence-corrected chi connectivity index (χ0v) is 6.97. The van der Waals surface area contributed by atoms with Gasteiger partial charge >= 0.3 is 0 Å². The highest BCUT2D eigenvalue weighted by Gasteiger charge is 2.01. The van der Waals surface area contributed by atoms with E-state index in [1.54, 1.807) is 0 Å². The van der Waals surface area contributed by atoms with Crippen LogP contribution in [0.5, 0.6) is 0 Å². The number of hydrogen-bond acceptors (Lipinski definition) is 0. The Balaban J connectivity index is 2.81. The third kappa shape index (κ3) is 2.04. The summed E-state index contributed by atoms with van der Waals surface area (Å²) in [5.74, 6) is 0.382. The Labute approximate surface area is 67.1 Å². The molecule has 0 heterocycles. The average Bonchev–Trinajstić information content (AvgIpc) is 2.05. The Morgan fingerprint density at radius 2 is 1.82 bits per heavy atom. The molecule has 1 aromatic carbocycles. The summed E-state index contributed by atoms with van der Waals surface area (Å²) in [6.45, 7) is 4.28. The first kappa shape index (κ1) is 8.25. The van der Waals surface area contributed by atoms with Crippen molar-refractivity contribution in [3.05, 3.63) is 35.6 Å². The molecule has 0 saturated carbocycles. The summed E-state index contributed by atoms with van der Waals surface area (Å²) < 4.78 is 12.5. The van der Waals surface area contributed by atoms with Gasteiger partial charge in [0.1, 0.15) is 5.82 Å². The summed E-state index contributed by atoms with van der Waals surface area (Å²) >= 11 is 0. The molecule has 0 fully saturated rings. The van der Waals surface area contributed by atoms with E-state index < -0.39 is 0 Å². The molecule has 0 radical (unpaired) electrons. The van der Waals surface area contributed by atoms with E-state index in [2.05, 4.69) is 13.8 Å². The summed E-state index contributed by atoms with van der Waals surface area (Å²) in [6.07, 6.45) is 1.10. The maximum absolute atomic E-state index is 12.5. The van der Waals surface area contributed by atoms with E-state index in [9.17, 15) is 4.39 Å². The number of rotatable bonds is 2. The summed E-state index contributed by atoms with van der Waals surface area (Å²) in [5, 5.41) is 0. The van der Waals surface area contributed by atoms with Gasteiger partial charge in [-0.3, -0.25) is 0 Å². The SMILES string of the molecule is CC[C@H](C)c1ccc(F)cc1. The molecule has 0 N–H and O–H groups in total. The monoisotopic (exact) mass is 152 g/mol. The first-order valence-electron chi connectivity index (χ1n) is 3.99. The standard InChI is InChI=1S/C10H13F/c1-3-8(2)9-4-6-10(11)7-5-9/h4-8H,3H2,1-2H3/t8-/m0/s1. The molecule has 60 valence electrons. The fourth-order valence-electron chi connectivity index (χ4n) is 1.03. The lowest BCUT2D eigenvalue weighted by molar-refractivity contribution is 0.625. The molecule has 1 rings (SSSR count). The van der Waals surface area contributed by atoms with Crippen LogP contribution in [-0.2, 0) is 0 Å². The zero-order chi connectivity index (χ0) is 8.27. The van der Waals surface area contributed by atoms with Crippen molar-refractivity contribution in [3.8, 4) is 0 Å². The average molecular weight is 152 g/mol. The van der Waals surface area contributed by atoms with Crippen molar-refractivity contribution >= 4 is 0 Å². The van der Waals surface area contributed by atoms with Gasteiger partial charge in [0.2, 0.25) is 0 Å². The molecular weight excluding hydrogens is 139 g/mol. The predicted octanol–water partition coefficient (Wildman–Crippen LogP) is 3.34. The Morgan fingerprint density at radius 3 is 2.27 bits per heavy atom. The lowest BCUT2D eigenvalue weighted by Gasteiger charge is -2.07. The lowest BCUT2D eigenvalue weighted by atomic mass is 9.99. The van der Waals surface area contributed by atoms with Gasteiger partial charge in [-0.25, -0.2) is 4.39 Å². The fourth-order valence-corrected chi connectivity index (χ4v) is 1.03. The van der Waals surface area contributed by atoms with Crippen molar-refractivity contribution in [2.75, 3.05) is 0 Å². The fraction of sp³-hybridized carbons (Fsp3) is 0.400. The van der Waals surface area contributed by atoms with E-state index in [1.807, 2.05) is 12.1 Å². The number of halogens is 1.